The molecule has 7 heteroatoms. The summed E-state index contributed by atoms with van der Waals surface area (Å²) in [5.41, 5.74) is 5.58. The second-order valence-corrected chi connectivity index (χ2v) is 9.30. The minimum atomic E-state index is -0.0657. The molecule has 2 atom stereocenters. The maximum absolute atomic E-state index is 12.7. The summed E-state index contributed by atoms with van der Waals surface area (Å²) in [5.74, 6) is -0.0208. The van der Waals surface area contributed by atoms with Crippen LogP contribution in [-0.4, -0.2) is 32.0 Å². The van der Waals surface area contributed by atoms with E-state index in [2.05, 4.69) is 45.0 Å². The number of para-hydroxylation sites is 1. The third kappa shape index (κ3) is 4.37. The third-order valence-electron chi connectivity index (χ3n) is 6.59. The minimum Gasteiger partial charge on any atom is -0.352 e. The molecule has 0 bridgehead atoms. The summed E-state index contributed by atoms with van der Waals surface area (Å²) in [6.07, 6.45) is 4.65. The van der Waals surface area contributed by atoms with Gasteiger partial charge in [-0.25, -0.2) is 0 Å². The van der Waals surface area contributed by atoms with Crippen LogP contribution in [0.5, 0.6) is 0 Å². The zero-order chi connectivity index (χ0) is 22.9. The van der Waals surface area contributed by atoms with Crippen molar-refractivity contribution in [3.8, 4) is 0 Å². The molecule has 1 aliphatic heterocycles. The standard InChI is InChI=1S/C26H29N5OS/c1-17-16-21(18(2)31(17)20-11-12-20)25-24(22-10-6-7-14-27-22)29-26(33)30(25)15-13-23(32)28-19-8-4-3-5-9-19/h3-10,14,16,20,24-25H,11-13,15H2,1-2H3,(H,28,32)(H,29,33)/t24-,25+/m1/s1. The Morgan fingerprint density at radius 2 is 1.91 bits per heavy atom. The molecule has 1 amide bonds. The lowest BCUT2D eigenvalue weighted by atomic mass is 9.96. The van der Waals surface area contributed by atoms with Crippen molar-refractivity contribution >= 4 is 28.9 Å². The first kappa shape index (κ1) is 21.6. The molecule has 2 aromatic heterocycles. The summed E-state index contributed by atoms with van der Waals surface area (Å²) >= 11 is 5.77. The fourth-order valence-corrected chi connectivity index (χ4v) is 5.28. The van der Waals surface area contributed by atoms with Gasteiger partial charge in [0.1, 0.15) is 0 Å². The van der Waals surface area contributed by atoms with Crippen molar-refractivity contribution in [3.63, 3.8) is 0 Å². The summed E-state index contributed by atoms with van der Waals surface area (Å²) in [4.78, 5) is 19.5. The molecule has 170 valence electrons. The lowest BCUT2D eigenvalue weighted by Crippen LogP contribution is -2.32. The van der Waals surface area contributed by atoms with Crippen LogP contribution in [0.15, 0.2) is 60.8 Å². The Labute approximate surface area is 200 Å². The number of amides is 1. The van der Waals surface area contributed by atoms with E-state index in [0.29, 0.717) is 24.1 Å². The quantitative estimate of drug-likeness (QED) is 0.495. The second kappa shape index (κ2) is 8.98. The fourth-order valence-electron chi connectivity index (χ4n) is 4.95. The number of carbonyl (C=O) groups excluding carboxylic acids is 1. The van der Waals surface area contributed by atoms with Gasteiger partial charge in [-0.05, 0) is 74.8 Å². The molecule has 1 saturated heterocycles. The van der Waals surface area contributed by atoms with Gasteiger partial charge >= 0.3 is 0 Å². The molecule has 3 heterocycles. The summed E-state index contributed by atoms with van der Waals surface area (Å²) in [6.45, 7) is 4.92. The van der Waals surface area contributed by atoms with E-state index in [1.54, 1.807) is 0 Å². The summed E-state index contributed by atoms with van der Waals surface area (Å²) < 4.78 is 2.46. The van der Waals surface area contributed by atoms with Gasteiger partial charge in [-0.2, -0.15) is 0 Å². The normalized spacial score (nSPS) is 20.1. The van der Waals surface area contributed by atoms with E-state index in [9.17, 15) is 4.79 Å². The van der Waals surface area contributed by atoms with Crippen molar-refractivity contribution in [2.24, 2.45) is 0 Å². The Hall–Kier alpha value is -3.19. The fraction of sp³-hybridized carbons (Fsp3) is 0.346. The predicted octanol–water partition coefficient (Wildman–Crippen LogP) is 4.84. The van der Waals surface area contributed by atoms with Crippen LogP contribution in [-0.2, 0) is 4.79 Å². The molecule has 0 radical (unpaired) electrons. The van der Waals surface area contributed by atoms with Crippen LogP contribution in [0, 0.1) is 13.8 Å². The highest BCUT2D eigenvalue weighted by atomic mass is 32.1. The van der Waals surface area contributed by atoms with Crippen molar-refractivity contribution in [1.29, 1.82) is 0 Å². The summed E-state index contributed by atoms with van der Waals surface area (Å²) in [5, 5.41) is 7.14. The highest BCUT2D eigenvalue weighted by Crippen LogP contribution is 2.44. The van der Waals surface area contributed by atoms with Crippen LogP contribution in [0.4, 0.5) is 5.69 Å². The molecular weight excluding hydrogens is 430 g/mol. The zero-order valence-electron chi connectivity index (χ0n) is 19.0. The first-order valence-corrected chi connectivity index (χ1v) is 11.9. The Morgan fingerprint density at radius 3 is 2.61 bits per heavy atom. The number of aryl methyl sites for hydroxylation is 1. The van der Waals surface area contributed by atoms with Gasteiger partial charge < -0.3 is 20.1 Å². The summed E-state index contributed by atoms with van der Waals surface area (Å²) in [7, 11) is 0. The lowest BCUT2D eigenvalue weighted by Gasteiger charge is -2.28. The first-order valence-electron chi connectivity index (χ1n) is 11.5. The van der Waals surface area contributed by atoms with E-state index in [0.717, 1.165) is 11.4 Å². The molecule has 3 aromatic rings. The van der Waals surface area contributed by atoms with Crippen LogP contribution >= 0.6 is 12.2 Å². The van der Waals surface area contributed by atoms with Crippen LogP contribution in [0.1, 0.15) is 60.0 Å². The van der Waals surface area contributed by atoms with Crippen molar-refractivity contribution in [2.75, 3.05) is 11.9 Å². The van der Waals surface area contributed by atoms with Gasteiger partial charge in [-0.3, -0.25) is 9.78 Å². The number of benzene rings is 1. The van der Waals surface area contributed by atoms with Crippen LogP contribution in [0.25, 0.3) is 0 Å². The highest BCUT2D eigenvalue weighted by Gasteiger charge is 2.42. The van der Waals surface area contributed by atoms with Crippen LogP contribution < -0.4 is 10.6 Å². The second-order valence-electron chi connectivity index (χ2n) is 8.91. The average Bonchev–Trinajstić information content (AvgIpc) is 3.53. The Kier molecular flexibility index (Phi) is 5.89. The third-order valence-corrected chi connectivity index (χ3v) is 6.94. The van der Waals surface area contributed by atoms with E-state index in [1.807, 2.05) is 54.7 Å². The minimum absolute atomic E-state index is 0.0179. The van der Waals surface area contributed by atoms with E-state index in [1.165, 1.54) is 29.8 Å². The van der Waals surface area contributed by atoms with E-state index < -0.39 is 0 Å². The van der Waals surface area contributed by atoms with E-state index in [-0.39, 0.29) is 18.0 Å². The van der Waals surface area contributed by atoms with Crippen molar-refractivity contribution < 1.29 is 4.79 Å². The smallest absolute Gasteiger partial charge is 0.226 e. The largest absolute Gasteiger partial charge is 0.352 e. The number of nitrogens with zero attached hydrogens (tertiary/aromatic N) is 3. The topological polar surface area (TPSA) is 62.2 Å². The Morgan fingerprint density at radius 1 is 1.15 bits per heavy atom. The van der Waals surface area contributed by atoms with Gasteiger partial charge in [-0.15, -0.1) is 0 Å². The van der Waals surface area contributed by atoms with Gasteiger partial charge in [0.25, 0.3) is 0 Å². The predicted molar refractivity (Wildman–Crippen MR) is 134 cm³/mol. The zero-order valence-corrected chi connectivity index (χ0v) is 19.8. The van der Waals surface area contributed by atoms with Gasteiger partial charge in [0, 0.05) is 42.3 Å². The van der Waals surface area contributed by atoms with Crippen LogP contribution in [0.2, 0.25) is 0 Å². The SMILES string of the molecule is Cc1cc([C@H]2[C@@H](c3ccccn3)NC(=S)N2CCC(=O)Nc2ccccc2)c(C)n1C1CC1. The molecular formula is C26H29N5OS. The van der Waals surface area contributed by atoms with Gasteiger partial charge in [0.15, 0.2) is 5.11 Å². The molecule has 1 aliphatic carbocycles. The molecule has 0 unspecified atom stereocenters. The molecule has 1 saturated carbocycles. The van der Waals surface area contributed by atoms with Gasteiger partial charge in [-0.1, -0.05) is 24.3 Å². The van der Waals surface area contributed by atoms with Crippen molar-refractivity contribution in [2.45, 2.75) is 51.2 Å². The molecule has 6 nitrogen and oxygen atoms in total. The average molecular weight is 460 g/mol. The molecule has 2 aliphatic rings. The van der Waals surface area contributed by atoms with E-state index in [4.69, 9.17) is 12.2 Å². The number of nitrogens with one attached hydrogen (secondary N) is 2. The maximum atomic E-state index is 12.7. The summed E-state index contributed by atoms with van der Waals surface area (Å²) in [6, 6.07) is 18.3. The number of carbonyl (C=O) groups is 1. The lowest BCUT2D eigenvalue weighted by molar-refractivity contribution is -0.116. The number of pyridine rings is 1. The molecule has 33 heavy (non-hydrogen) atoms. The number of hydrogen-bond acceptors (Lipinski definition) is 3. The molecule has 5 rings (SSSR count). The number of anilines is 1. The maximum Gasteiger partial charge on any atom is 0.226 e. The Balaban J connectivity index is 1.42. The van der Waals surface area contributed by atoms with E-state index >= 15 is 0 Å². The van der Waals surface area contributed by atoms with Crippen molar-refractivity contribution in [1.82, 2.24) is 19.8 Å². The molecule has 1 aromatic carbocycles. The molecule has 2 fully saturated rings. The van der Waals surface area contributed by atoms with Crippen molar-refractivity contribution in [3.05, 3.63) is 83.4 Å². The van der Waals surface area contributed by atoms with Crippen LogP contribution in [0.3, 0.4) is 0 Å². The number of aromatic nitrogens is 2. The number of thiocarbonyl (C=S) groups is 1. The molecule has 2 N–H and O–H groups in total. The monoisotopic (exact) mass is 459 g/mol. The number of hydrogen-bond donors (Lipinski definition) is 2. The Bertz CT molecular complexity index is 1160. The van der Waals surface area contributed by atoms with Gasteiger partial charge in [0.2, 0.25) is 5.91 Å². The number of rotatable bonds is 7. The first-order chi connectivity index (χ1) is 16.0. The highest BCUT2D eigenvalue weighted by molar-refractivity contribution is 7.80. The molecule has 0 spiro atoms. The van der Waals surface area contributed by atoms with Gasteiger partial charge in [0.05, 0.1) is 17.8 Å².